The summed E-state index contributed by atoms with van der Waals surface area (Å²) >= 11 is 0. The van der Waals surface area contributed by atoms with E-state index in [1.165, 1.54) is 50.9 Å². The number of piperidine rings is 1. The van der Waals surface area contributed by atoms with Gasteiger partial charge in [-0.15, -0.1) is 0 Å². The van der Waals surface area contributed by atoms with E-state index in [-0.39, 0.29) is 0 Å². The van der Waals surface area contributed by atoms with Gasteiger partial charge in [0.25, 0.3) is 0 Å². The van der Waals surface area contributed by atoms with Gasteiger partial charge in [0, 0.05) is 32.3 Å². The van der Waals surface area contributed by atoms with Gasteiger partial charge in [-0.05, 0) is 56.7 Å². The number of benzene rings is 1. The lowest BCUT2D eigenvalue weighted by Crippen LogP contribution is -2.45. The van der Waals surface area contributed by atoms with Crippen molar-refractivity contribution in [3.8, 4) is 0 Å². The molecule has 1 aromatic rings. The first-order valence-corrected chi connectivity index (χ1v) is 8.96. The summed E-state index contributed by atoms with van der Waals surface area (Å²) in [6.07, 6.45) is 6.33. The van der Waals surface area contributed by atoms with Gasteiger partial charge in [-0.2, -0.15) is 0 Å². The molecule has 1 aliphatic carbocycles. The van der Waals surface area contributed by atoms with E-state index >= 15 is 0 Å². The van der Waals surface area contributed by atoms with Gasteiger partial charge in [0.1, 0.15) is 0 Å². The minimum absolute atomic E-state index is 0.327. The molecule has 0 atom stereocenters. The summed E-state index contributed by atoms with van der Waals surface area (Å²) in [5, 5.41) is 9.13. The van der Waals surface area contributed by atoms with E-state index in [0.29, 0.717) is 6.61 Å². The van der Waals surface area contributed by atoms with Gasteiger partial charge < -0.3 is 5.11 Å². The van der Waals surface area contributed by atoms with Gasteiger partial charge in [0.2, 0.25) is 0 Å². The highest BCUT2D eigenvalue weighted by Gasteiger charge is 2.29. The maximum Gasteiger partial charge on any atom is 0.0443 e. The van der Waals surface area contributed by atoms with Crippen molar-refractivity contribution in [2.24, 2.45) is 5.92 Å². The molecule has 0 radical (unpaired) electrons. The van der Waals surface area contributed by atoms with Crippen LogP contribution in [-0.2, 0) is 6.54 Å². The zero-order chi connectivity index (χ0) is 15.2. The second-order valence-corrected chi connectivity index (χ2v) is 7.01. The number of aliphatic hydroxyl groups excluding tert-OH is 1. The van der Waals surface area contributed by atoms with Crippen LogP contribution in [0.1, 0.15) is 37.7 Å². The number of rotatable bonds is 8. The van der Waals surface area contributed by atoms with Crippen LogP contribution in [0.5, 0.6) is 0 Å². The molecule has 122 valence electrons. The summed E-state index contributed by atoms with van der Waals surface area (Å²) in [5.41, 5.74) is 1.43. The summed E-state index contributed by atoms with van der Waals surface area (Å²) in [6, 6.07) is 11.5. The molecule has 0 amide bonds. The lowest BCUT2D eigenvalue weighted by Gasteiger charge is -2.38. The molecule has 3 rings (SSSR count). The SMILES string of the molecule is OCCCN(CC1CC1)C1CCN(Cc2ccccc2)CC1. The number of nitrogens with zero attached hydrogens (tertiary/aromatic N) is 2. The fourth-order valence-corrected chi connectivity index (χ4v) is 3.61. The molecule has 2 fully saturated rings. The highest BCUT2D eigenvalue weighted by Crippen LogP contribution is 2.31. The van der Waals surface area contributed by atoms with Gasteiger partial charge in [-0.25, -0.2) is 0 Å². The molecular formula is C19H30N2O. The fourth-order valence-electron chi connectivity index (χ4n) is 3.61. The molecule has 3 heteroatoms. The highest BCUT2D eigenvalue weighted by atomic mass is 16.3. The normalized spacial score (nSPS) is 20.6. The Morgan fingerprint density at radius 2 is 1.77 bits per heavy atom. The molecule has 1 aliphatic heterocycles. The number of hydrogen-bond acceptors (Lipinski definition) is 3. The molecule has 1 heterocycles. The maximum absolute atomic E-state index is 9.13. The largest absolute Gasteiger partial charge is 0.396 e. The van der Waals surface area contributed by atoms with Gasteiger partial charge in [0.15, 0.2) is 0 Å². The van der Waals surface area contributed by atoms with Crippen LogP contribution in [0.3, 0.4) is 0 Å². The van der Waals surface area contributed by atoms with Gasteiger partial charge in [-0.1, -0.05) is 30.3 Å². The summed E-state index contributed by atoms with van der Waals surface area (Å²) in [4.78, 5) is 5.26. The predicted molar refractivity (Wildman–Crippen MR) is 90.7 cm³/mol. The average molecular weight is 302 g/mol. The number of likely N-dealkylation sites (tertiary alicyclic amines) is 1. The minimum atomic E-state index is 0.327. The first-order chi connectivity index (χ1) is 10.8. The minimum Gasteiger partial charge on any atom is -0.396 e. The highest BCUT2D eigenvalue weighted by molar-refractivity contribution is 5.14. The van der Waals surface area contributed by atoms with Crippen molar-refractivity contribution in [3.63, 3.8) is 0 Å². The lowest BCUT2D eigenvalue weighted by molar-refractivity contribution is 0.0945. The monoisotopic (exact) mass is 302 g/mol. The second kappa shape index (κ2) is 8.09. The van der Waals surface area contributed by atoms with Crippen molar-refractivity contribution in [3.05, 3.63) is 35.9 Å². The zero-order valence-electron chi connectivity index (χ0n) is 13.7. The van der Waals surface area contributed by atoms with E-state index in [2.05, 4.69) is 40.1 Å². The Balaban J connectivity index is 1.46. The summed E-state index contributed by atoms with van der Waals surface area (Å²) in [6.45, 7) is 6.18. The standard InChI is InChI=1S/C19H30N2O/c22-14-4-11-21(16-18-7-8-18)19-9-12-20(13-10-19)15-17-5-2-1-3-6-17/h1-3,5-6,18-19,22H,4,7-16H2. The smallest absolute Gasteiger partial charge is 0.0443 e. The molecular weight excluding hydrogens is 272 g/mol. The van der Waals surface area contributed by atoms with Crippen molar-refractivity contribution in [2.75, 3.05) is 32.8 Å². The third kappa shape index (κ3) is 4.80. The molecule has 0 bridgehead atoms. The second-order valence-electron chi connectivity index (χ2n) is 7.01. The van der Waals surface area contributed by atoms with Gasteiger partial charge in [0.05, 0.1) is 0 Å². The fraction of sp³-hybridized carbons (Fsp3) is 0.684. The van der Waals surface area contributed by atoms with Crippen LogP contribution in [-0.4, -0.2) is 53.7 Å². The predicted octanol–water partition coefficient (Wildman–Crippen LogP) is 2.75. The Hall–Kier alpha value is -0.900. The molecule has 0 spiro atoms. The van der Waals surface area contributed by atoms with E-state index in [1.54, 1.807) is 0 Å². The van der Waals surface area contributed by atoms with Crippen LogP contribution >= 0.6 is 0 Å². The van der Waals surface area contributed by atoms with Gasteiger partial charge >= 0.3 is 0 Å². The van der Waals surface area contributed by atoms with E-state index in [1.807, 2.05) is 0 Å². The van der Waals surface area contributed by atoms with E-state index in [9.17, 15) is 0 Å². The average Bonchev–Trinajstić information content (AvgIpc) is 3.37. The lowest BCUT2D eigenvalue weighted by atomic mass is 10.0. The summed E-state index contributed by atoms with van der Waals surface area (Å²) in [7, 11) is 0. The Bertz CT molecular complexity index is 424. The number of hydrogen-bond donors (Lipinski definition) is 1. The van der Waals surface area contributed by atoms with Crippen molar-refractivity contribution in [1.29, 1.82) is 0 Å². The topological polar surface area (TPSA) is 26.7 Å². The van der Waals surface area contributed by atoms with E-state index in [0.717, 1.165) is 31.5 Å². The van der Waals surface area contributed by atoms with E-state index < -0.39 is 0 Å². The molecule has 1 saturated carbocycles. The molecule has 3 nitrogen and oxygen atoms in total. The van der Waals surface area contributed by atoms with Crippen molar-refractivity contribution >= 4 is 0 Å². The molecule has 1 aromatic carbocycles. The van der Waals surface area contributed by atoms with Crippen LogP contribution < -0.4 is 0 Å². The van der Waals surface area contributed by atoms with Crippen molar-refractivity contribution < 1.29 is 5.11 Å². The Kier molecular flexibility index (Phi) is 5.88. The molecule has 22 heavy (non-hydrogen) atoms. The number of aliphatic hydroxyl groups is 1. The van der Waals surface area contributed by atoms with Crippen LogP contribution in [0.4, 0.5) is 0 Å². The third-order valence-corrected chi connectivity index (χ3v) is 5.12. The maximum atomic E-state index is 9.13. The quantitative estimate of drug-likeness (QED) is 0.800. The van der Waals surface area contributed by atoms with Gasteiger partial charge in [-0.3, -0.25) is 9.80 Å². The van der Waals surface area contributed by atoms with E-state index in [4.69, 9.17) is 5.11 Å². The molecule has 0 unspecified atom stereocenters. The first kappa shape index (κ1) is 16.0. The molecule has 1 N–H and O–H groups in total. The van der Waals surface area contributed by atoms with Crippen molar-refractivity contribution in [2.45, 2.75) is 44.7 Å². The summed E-state index contributed by atoms with van der Waals surface area (Å²) in [5.74, 6) is 0.945. The summed E-state index contributed by atoms with van der Waals surface area (Å²) < 4.78 is 0. The molecule has 0 aromatic heterocycles. The Morgan fingerprint density at radius 3 is 2.41 bits per heavy atom. The van der Waals surface area contributed by atoms with Crippen LogP contribution in [0.15, 0.2) is 30.3 Å². The van der Waals surface area contributed by atoms with Crippen LogP contribution in [0, 0.1) is 5.92 Å². The molecule has 2 aliphatic rings. The molecule has 1 saturated heterocycles. The Labute approximate surface area is 134 Å². The first-order valence-electron chi connectivity index (χ1n) is 8.96. The Morgan fingerprint density at radius 1 is 1.05 bits per heavy atom. The van der Waals surface area contributed by atoms with Crippen LogP contribution in [0.2, 0.25) is 0 Å². The van der Waals surface area contributed by atoms with Crippen LogP contribution in [0.25, 0.3) is 0 Å². The van der Waals surface area contributed by atoms with Crippen molar-refractivity contribution in [1.82, 2.24) is 9.80 Å². The third-order valence-electron chi connectivity index (χ3n) is 5.12. The zero-order valence-corrected chi connectivity index (χ0v) is 13.7.